The molecular formula is C16H14FNO2. The van der Waals surface area contributed by atoms with E-state index in [4.69, 9.17) is 4.74 Å². The van der Waals surface area contributed by atoms with Gasteiger partial charge in [-0.15, -0.1) is 0 Å². The molecule has 3 nitrogen and oxygen atoms in total. The van der Waals surface area contributed by atoms with Crippen LogP contribution in [0.4, 0.5) is 4.39 Å². The Balaban J connectivity index is 2.28. The Hall–Kier alpha value is -2.36. The first kappa shape index (κ1) is 12.7. The van der Waals surface area contributed by atoms with Crippen molar-refractivity contribution in [1.82, 2.24) is 4.98 Å². The second-order valence-corrected chi connectivity index (χ2v) is 5.32. The van der Waals surface area contributed by atoms with Gasteiger partial charge in [-0.05, 0) is 55.8 Å². The third-order valence-electron chi connectivity index (χ3n) is 3.21. The van der Waals surface area contributed by atoms with Crippen LogP contribution in [0.15, 0.2) is 47.4 Å². The molecule has 102 valence electrons. The van der Waals surface area contributed by atoms with Gasteiger partial charge in [-0.25, -0.2) is 4.39 Å². The molecule has 2 aromatic rings. The van der Waals surface area contributed by atoms with Crippen LogP contribution < -0.4 is 10.3 Å². The Morgan fingerprint density at radius 1 is 1.20 bits per heavy atom. The van der Waals surface area contributed by atoms with Crippen molar-refractivity contribution in [2.24, 2.45) is 0 Å². The zero-order valence-corrected chi connectivity index (χ0v) is 11.2. The summed E-state index contributed by atoms with van der Waals surface area (Å²) in [6.45, 7) is 3.80. The van der Waals surface area contributed by atoms with Crippen LogP contribution in [0.3, 0.4) is 0 Å². The smallest absolute Gasteiger partial charge is 0.255 e. The van der Waals surface area contributed by atoms with E-state index in [1.54, 1.807) is 24.4 Å². The lowest BCUT2D eigenvalue weighted by Gasteiger charge is -2.31. The number of rotatable bonds is 1. The van der Waals surface area contributed by atoms with Crippen LogP contribution in [0, 0.1) is 5.82 Å². The summed E-state index contributed by atoms with van der Waals surface area (Å²) in [7, 11) is 0. The maximum absolute atomic E-state index is 13.5. The van der Waals surface area contributed by atoms with Gasteiger partial charge in [-0.3, -0.25) is 4.79 Å². The van der Waals surface area contributed by atoms with Gasteiger partial charge in [0.15, 0.2) is 0 Å². The molecule has 1 aromatic heterocycles. The third-order valence-corrected chi connectivity index (χ3v) is 3.21. The summed E-state index contributed by atoms with van der Waals surface area (Å²) in [6, 6.07) is 7.81. The van der Waals surface area contributed by atoms with E-state index in [0.717, 1.165) is 0 Å². The Labute approximate surface area is 115 Å². The van der Waals surface area contributed by atoms with E-state index in [1.807, 2.05) is 19.9 Å². The molecule has 2 heterocycles. The Morgan fingerprint density at radius 3 is 2.75 bits per heavy atom. The van der Waals surface area contributed by atoms with E-state index < -0.39 is 5.60 Å². The van der Waals surface area contributed by atoms with Gasteiger partial charge in [0.2, 0.25) is 0 Å². The van der Waals surface area contributed by atoms with Crippen molar-refractivity contribution in [3.63, 3.8) is 0 Å². The summed E-state index contributed by atoms with van der Waals surface area (Å²) in [5.41, 5.74) is 1.05. The zero-order valence-electron chi connectivity index (χ0n) is 11.2. The molecule has 1 aliphatic rings. The number of aromatic nitrogens is 1. The largest absolute Gasteiger partial charge is 0.483 e. The number of halogens is 1. The fourth-order valence-electron chi connectivity index (χ4n) is 2.40. The molecule has 0 bridgehead atoms. The van der Waals surface area contributed by atoms with Gasteiger partial charge in [0.05, 0.1) is 0 Å². The van der Waals surface area contributed by atoms with Crippen LogP contribution in [0.2, 0.25) is 0 Å². The number of aromatic amines is 1. The normalized spacial score (nSPS) is 16.1. The van der Waals surface area contributed by atoms with Gasteiger partial charge in [-0.1, -0.05) is 0 Å². The average molecular weight is 271 g/mol. The van der Waals surface area contributed by atoms with E-state index in [0.29, 0.717) is 22.4 Å². The molecule has 20 heavy (non-hydrogen) atoms. The number of pyridine rings is 1. The van der Waals surface area contributed by atoms with Crippen molar-refractivity contribution in [3.05, 3.63) is 69.9 Å². The van der Waals surface area contributed by atoms with Gasteiger partial charge in [-0.2, -0.15) is 0 Å². The van der Waals surface area contributed by atoms with E-state index in [9.17, 15) is 9.18 Å². The van der Waals surface area contributed by atoms with E-state index in [1.165, 1.54) is 12.1 Å². The molecule has 0 saturated carbocycles. The van der Waals surface area contributed by atoms with E-state index in [2.05, 4.69) is 4.98 Å². The lowest BCUT2D eigenvalue weighted by molar-refractivity contribution is 0.158. The Kier molecular flexibility index (Phi) is 2.74. The standard InChI is InChI=1S/C16H14FNO2/c1-16(2)9-13(11-4-3-7-18-15(11)19)12-8-10(17)5-6-14(12)20-16/h3-9H,1-2H3,(H,18,19). The molecule has 0 fully saturated rings. The number of fused-ring (bicyclic) bond motifs is 1. The highest BCUT2D eigenvalue weighted by molar-refractivity contribution is 5.84. The third kappa shape index (κ3) is 2.13. The van der Waals surface area contributed by atoms with Crippen molar-refractivity contribution in [2.75, 3.05) is 0 Å². The molecule has 0 atom stereocenters. The molecule has 0 saturated heterocycles. The highest BCUT2D eigenvalue weighted by atomic mass is 19.1. The van der Waals surface area contributed by atoms with Crippen LogP contribution >= 0.6 is 0 Å². The number of hydrogen-bond donors (Lipinski definition) is 1. The predicted molar refractivity (Wildman–Crippen MR) is 75.2 cm³/mol. The topological polar surface area (TPSA) is 42.1 Å². The van der Waals surface area contributed by atoms with Crippen LogP contribution in [0.5, 0.6) is 5.75 Å². The first-order valence-electron chi connectivity index (χ1n) is 6.36. The van der Waals surface area contributed by atoms with Crippen LogP contribution in [-0.4, -0.2) is 10.6 Å². The monoisotopic (exact) mass is 271 g/mol. The van der Waals surface area contributed by atoms with Gasteiger partial charge < -0.3 is 9.72 Å². The maximum atomic E-state index is 13.5. The summed E-state index contributed by atoms with van der Waals surface area (Å²) < 4.78 is 19.3. The summed E-state index contributed by atoms with van der Waals surface area (Å²) in [6.07, 6.45) is 3.42. The van der Waals surface area contributed by atoms with E-state index >= 15 is 0 Å². The first-order chi connectivity index (χ1) is 9.46. The van der Waals surface area contributed by atoms with Crippen molar-refractivity contribution < 1.29 is 9.13 Å². The van der Waals surface area contributed by atoms with Crippen molar-refractivity contribution in [2.45, 2.75) is 19.4 Å². The molecule has 1 aromatic carbocycles. The average Bonchev–Trinajstić information content (AvgIpc) is 2.38. The van der Waals surface area contributed by atoms with Crippen molar-refractivity contribution >= 4 is 5.57 Å². The van der Waals surface area contributed by atoms with Crippen LogP contribution in [0.25, 0.3) is 5.57 Å². The molecule has 0 radical (unpaired) electrons. The molecule has 0 amide bonds. The quantitative estimate of drug-likeness (QED) is 0.866. The summed E-state index contributed by atoms with van der Waals surface area (Å²) in [4.78, 5) is 14.6. The first-order valence-corrected chi connectivity index (χ1v) is 6.36. The highest BCUT2D eigenvalue weighted by Crippen LogP contribution is 2.38. The van der Waals surface area contributed by atoms with Crippen molar-refractivity contribution in [1.29, 1.82) is 0 Å². The molecule has 3 rings (SSSR count). The summed E-state index contributed by atoms with van der Waals surface area (Å²) >= 11 is 0. The van der Waals surface area contributed by atoms with E-state index in [-0.39, 0.29) is 11.4 Å². The second-order valence-electron chi connectivity index (χ2n) is 5.32. The molecule has 1 N–H and O–H groups in total. The summed E-state index contributed by atoms with van der Waals surface area (Å²) in [5.74, 6) is 0.225. The maximum Gasteiger partial charge on any atom is 0.255 e. The number of hydrogen-bond acceptors (Lipinski definition) is 2. The zero-order chi connectivity index (χ0) is 14.3. The van der Waals surface area contributed by atoms with Crippen LogP contribution in [-0.2, 0) is 0 Å². The number of ether oxygens (including phenoxy) is 1. The lowest BCUT2D eigenvalue weighted by Crippen LogP contribution is -2.30. The lowest BCUT2D eigenvalue weighted by atomic mass is 9.90. The molecule has 0 spiro atoms. The highest BCUT2D eigenvalue weighted by Gasteiger charge is 2.28. The minimum absolute atomic E-state index is 0.202. The van der Waals surface area contributed by atoms with Crippen molar-refractivity contribution in [3.8, 4) is 5.75 Å². The predicted octanol–water partition coefficient (Wildman–Crippen LogP) is 3.12. The second kappa shape index (κ2) is 4.34. The van der Waals surface area contributed by atoms with Gasteiger partial charge in [0.25, 0.3) is 5.56 Å². The molecule has 1 aliphatic heterocycles. The Bertz CT molecular complexity index is 759. The number of nitrogens with one attached hydrogen (secondary N) is 1. The molecule has 4 heteroatoms. The SMILES string of the molecule is CC1(C)C=C(c2ccc[nH]c2=O)c2cc(F)ccc2O1. The number of benzene rings is 1. The molecular weight excluding hydrogens is 257 g/mol. The number of H-pyrrole nitrogens is 1. The summed E-state index contributed by atoms with van der Waals surface area (Å²) in [5, 5.41) is 0. The minimum atomic E-state index is -0.553. The van der Waals surface area contributed by atoms with Gasteiger partial charge in [0, 0.05) is 17.3 Å². The minimum Gasteiger partial charge on any atom is -0.483 e. The van der Waals surface area contributed by atoms with Gasteiger partial charge >= 0.3 is 0 Å². The van der Waals surface area contributed by atoms with Gasteiger partial charge in [0.1, 0.15) is 17.2 Å². The molecule has 0 unspecified atom stereocenters. The fourth-order valence-corrected chi connectivity index (χ4v) is 2.40. The molecule has 0 aliphatic carbocycles. The van der Waals surface area contributed by atoms with Crippen LogP contribution in [0.1, 0.15) is 25.0 Å². The Morgan fingerprint density at radius 2 is 2.00 bits per heavy atom. The fraction of sp³-hybridized carbons (Fsp3) is 0.188.